The lowest BCUT2D eigenvalue weighted by molar-refractivity contribution is -0.162. The van der Waals surface area contributed by atoms with Crippen LogP contribution >= 0.6 is 7.60 Å². The van der Waals surface area contributed by atoms with Crippen LogP contribution in [0.25, 0.3) is 11.2 Å². The Bertz CT molecular complexity index is 1070. The van der Waals surface area contributed by atoms with Crippen molar-refractivity contribution in [1.82, 2.24) is 19.5 Å². The molecule has 0 aliphatic heterocycles. The number of carbonyl (C=O) groups excluding carboxylic acids is 2. The second-order valence-electron chi connectivity index (χ2n) is 10.2. The monoisotopic (exact) mass is 545 g/mol. The van der Waals surface area contributed by atoms with Gasteiger partial charge in [0.1, 0.15) is 18.2 Å². The molecular formula is C22H36N5O9P. The van der Waals surface area contributed by atoms with Gasteiger partial charge in [-0.2, -0.15) is 0 Å². The number of aliphatic hydroxyl groups is 1. The summed E-state index contributed by atoms with van der Waals surface area (Å²) in [5.74, 6) is -0.945. The van der Waals surface area contributed by atoms with Crippen molar-refractivity contribution in [2.45, 2.75) is 54.0 Å². The van der Waals surface area contributed by atoms with E-state index in [4.69, 9.17) is 29.0 Å². The van der Waals surface area contributed by atoms with Gasteiger partial charge in [-0.15, -0.1) is 0 Å². The zero-order chi connectivity index (χ0) is 27.9. The molecule has 0 aliphatic carbocycles. The largest absolute Gasteiger partial charge is 0.438 e. The summed E-state index contributed by atoms with van der Waals surface area (Å²) in [5, 5.41) is 9.54. The van der Waals surface area contributed by atoms with Gasteiger partial charge in [0.25, 0.3) is 0 Å². The van der Waals surface area contributed by atoms with Crippen LogP contribution in [0.3, 0.4) is 0 Å². The molecule has 2 heterocycles. The number of carbonyl (C=O) groups is 2. The first-order chi connectivity index (χ1) is 17.2. The summed E-state index contributed by atoms with van der Waals surface area (Å²) in [4.78, 5) is 36.3. The summed E-state index contributed by atoms with van der Waals surface area (Å²) in [6.07, 6.45) is 2.48. The summed E-state index contributed by atoms with van der Waals surface area (Å²) in [6, 6.07) is -0.463. The lowest BCUT2D eigenvalue weighted by atomic mass is 9.98. The van der Waals surface area contributed by atoms with Crippen molar-refractivity contribution in [3.05, 3.63) is 12.7 Å². The Kier molecular flexibility index (Phi) is 10.5. The first kappa shape index (κ1) is 30.6. The molecule has 0 saturated carbocycles. The van der Waals surface area contributed by atoms with Crippen LogP contribution in [0, 0.1) is 10.8 Å². The average Bonchev–Trinajstić information content (AvgIpc) is 3.22. The summed E-state index contributed by atoms with van der Waals surface area (Å²) in [7, 11) is -4.05. The maximum absolute atomic E-state index is 13.3. The van der Waals surface area contributed by atoms with Crippen LogP contribution in [0.1, 0.15) is 54.0 Å². The van der Waals surface area contributed by atoms with Crippen LogP contribution in [0.2, 0.25) is 0 Å². The maximum Gasteiger partial charge on any atom is 0.361 e. The van der Waals surface area contributed by atoms with E-state index in [1.54, 1.807) is 46.1 Å². The fourth-order valence-corrected chi connectivity index (χ4v) is 3.73. The van der Waals surface area contributed by atoms with Crippen molar-refractivity contribution < 1.29 is 42.5 Å². The Morgan fingerprint density at radius 2 is 1.59 bits per heavy atom. The first-order valence-electron chi connectivity index (χ1n) is 11.5. The Hall–Kier alpha value is -2.64. The number of nitrogens with zero attached hydrogens (tertiary/aromatic N) is 4. The van der Waals surface area contributed by atoms with Crippen LogP contribution in [-0.2, 0) is 37.4 Å². The molecule has 1 atom stereocenters. The Morgan fingerprint density at radius 3 is 2.11 bits per heavy atom. The van der Waals surface area contributed by atoms with Gasteiger partial charge in [-0.25, -0.2) is 15.0 Å². The number of anilines is 1. The van der Waals surface area contributed by atoms with Crippen LogP contribution in [0.15, 0.2) is 12.7 Å². The van der Waals surface area contributed by atoms with Crippen molar-refractivity contribution in [3.63, 3.8) is 0 Å². The molecule has 3 N–H and O–H groups in total. The minimum absolute atomic E-state index is 0.0454. The molecule has 0 spiro atoms. The number of fused-ring (bicyclic) bond motifs is 1. The molecule has 0 bridgehead atoms. The second-order valence-corrected chi connectivity index (χ2v) is 12.2. The zero-order valence-electron chi connectivity index (χ0n) is 22.0. The number of aliphatic hydroxyl groups excluding tert-OH is 1. The van der Waals surface area contributed by atoms with E-state index in [9.17, 15) is 19.3 Å². The van der Waals surface area contributed by atoms with Gasteiger partial charge >= 0.3 is 19.5 Å². The smallest absolute Gasteiger partial charge is 0.361 e. The fourth-order valence-electron chi connectivity index (χ4n) is 2.75. The fraction of sp³-hybridized carbons (Fsp3) is 0.682. The van der Waals surface area contributed by atoms with E-state index in [1.165, 1.54) is 12.7 Å². The summed E-state index contributed by atoms with van der Waals surface area (Å²) < 4.78 is 41.1. The first-order valence-corrected chi connectivity index (χ1v) is 13.2. The molecule has 2 aromatic rings. The predicted molar refractivity (Wildman–Crippen MR) is 132 cm³/mol. The number of esters is 2. The van der Waals surface area contributed by atoms with Gasteiger partial charge in [-0.05, 0) is 48.0 Å². The molecule has 1 unspecified atom stereocenters. The average molecular weight is 546 g/mol. The lowest BCUT2D eigenvalue weighted by Gasteiger charge is -2.23. The SMILES string of the molecule is CC(C)(C)C(=O)OCOP(=O)(COCC(CCO)n1cnc2c(N)ncnc21)OCOC(=O)C(C)(C)C. The van der Waals surface area contributed by atoms with Crippen molar-refractivity contribution in [3.8, 4) is 0 Å². The number of aromatic nitrogens is 4. The van der Waals surface area contributed by atoms with Gasteiger partial charge in [-0.1, -0.05) is 0 Å². The molecule has 2 aromatic heterocycles. The molecule has 2 rings (SSSR count). The summed E-state index contributed by atoms with van der Waals surface area (Å²) in [5.41, 5.74) is 5.07. The van der Waals surface area contributed by atoms with E-state index in [1.807, 2.05) is 0 Å². The third-order valence-corrected chi connectivity index (χ3v) is 6.40. The highest BCUT2D eigenvalue weighted by Gasteiger charge is 2.31. The van der Waals surface area contributed by atoms with Crippen molar-refractivity contribution in [2.24, 2.45) is 10.8 Å². The minimum Gasteiger partial charge on any atom is -0.438 e. The number of imidazole rings is 1. The highest BCUT2D eigenvalue weighted by molar-refractivity contribution is 7.53. The number of hydrogen-bond donors (Lipinski definition) is 2. The molecule has 0 amide bonds. The third-order valence-electron chi connectivity index (χ3n) is 4.91. The quantitative estimate of drug-likeness (QED) is 0.213. The van der Waals surface area contributed by atoms with Crippen LogP contribution in [0.4, 0.5) is 5.82 Å². The highest BCUT2D eigenvalue weighted by Crippen LogP contribution is 2.48. The van der Waals surface area contributed by atoms with Gasteiger partial charge in [0, 0.05) is 6.61 Å². The molecule has 0 fully saturated rings. The standard InChI is InChI=1S/C22H36N5O9P/c1-21(2,3)19(29)33-12-35-37(31,36-13-34-20(30)22(4,5)6)14-32-9-15(7-8-28)27-11-26-16-17(23)24-10-25-18(16)27/h10-11,15,28H,7-9,12-14H2,1-6H3,(H2,23,24,25). The van der Waals surface area contributed by atoms with Gasteiger partial charge in [0.15, 0.2) is 11.5 Å². The van der Waals surface area contributed by atoms with E-state index in [0.717, 1.165) is 0 Å². The number of ether oxygens (including phenoxy) is 3. The normalized spacial score (nSPS) is 13.5. The Morgan fingerprint density at radius 1 is 1.03 bits per heavy atom. The Balaban J connectivity index is 2.08. The molecule has 0 radical (unpaired) electrons. The molecular weight excluding hydrogens is 509 g/mol. The van der Waals surface area contributed by atoms with E-state index in [2.05, 4.69) is 15.0 Å². The minimum atomic E-state index is -4.05. The topological polar surface area (TPSA) is 187 Å². The van der Waals surface area contributed by atoms with E-state index in [0.29, 0.717) is 11.2 Å². The predicted octanol–water partition coefficient (Wildman–Crippen LogP) is 2.63. The van der Waals surface area contributed by atoms with Crippen molar-refractivity contribution in [2.75, 3.05) is 38.9 Å². The van der Waals surface area contributed by atoms with E-state index < -0.39 is 56.3 Å². The van der Waals surface area contributed by atoms with Gasteiger partial charge in [0.2, 0.25) is 13.6 Å². The number of nitrogen functional groups attached to an aromatic ring is 1. The Labute approximate surface area is 215 Å². The van der Waals surface area contributed by atoms with E-state index >= 15 is 0 Å². The van der Waals surface area contributed by atoms with Gasteiger partial charge < -0.3 is 29.6 Å². The molecule has 0 aromatic carbocycles. The molecule has 0 aliphatic rings. The highest BCUT2D eigenvalue weighted by atomic mass is 31.2. The number of nitrogens with two attached hydrogens (primary N) is 1. The van der Waals surface area contributed by atoms with Crippen LogP contribution < -0.4 is 5.73 Å². The maximum atomic E-state index is 13.3. The van der Waals surface area contributed by atoms with Crippen LogP contribution in [-0.4, -0.2) is 69.7 Å². The lowest BCUT2D eigenvalue weighted by Crippen LogP contribution is -2.25. The molecule has 208 valence electrons. The molecule has 15 heteroatoms. The molecule has 14 nitrogen and oxygen atoms in total. The number of hydrogen-bond acceptors (Lipinski definition) is 13. The van der Waals surface area contributed by atoms with Crippen molar-refractivity contribution >= 4 is 36.5 Å². The van der Waals surface area contributed by atoms with E-state index in [-0.39, 0.29) is 25.5 Å². The van der Waals surface area contributed by atoms with Gasteiger partial charge in [-0.3, -0.25) is 23.2 Å². The van der Waals surface area contributed by atoms with Crippen molar-refractivity contribution in [1.29, 1.82) is 0 Å². The molecule has 0 saturated heterocycles. The second kappa shape index (κ2) is 12.7. The number of rotatable bonds is 13. The van der Waals surface area contributed by atoms with Gasteiger partial charge in [0.05, 0.1) is 29.8 Å². The summed E-state index contributed by atoms with van der Waals surface area (Å²) >= 11 is 0. The third kappa shape index (κ3) is 9.00. The molecule has 37 heavy (non-hydrogen) atoms. The summed E-state index contributed by atoms with van der Waals surface area (Å²) in [6.45, 7) is 8.38. The zero-order valence-corrected chi connectivity index (χ0v) is 22.9. The van der Waals surface area contributed by atoms with Crippen LogP contribution in [0.5, 0.6) is 0 Å².